The summed E-state index contributed by atoms with van der Waals surface area (Å²) in [6.07, 6.45) is 10.2. The minimum Gasteiger partial charge on any atom is -0.459 e. The average molecular weight is 777 g/mol. The van der Waals surface area contributed by atoms with Crippen LogP contribution in [0.1, 0.15) is 193 Å². The van der Waals surface area contributed by atoms with Crippen LogP contribution in [0.3, 0.4) is 0 Å². The molecule has 0 radical (unpaired) electrons. The summed E-state index contributed by atoms with van der Waals surface area (Å²) in [5.41, 5.74) is 0.116. The molecular formula is C41H64N2O12. The second-order valence-electron chi connectivity index (χ2n) is 13.9. The number of hydrogen-bond acceptors (Lipinski definition) is 14. The Balaban J connectivity index is 2.39. The van der Waals surface area contributed by atoms with E-state index in [0.717, 1.165) is 19.3 Å². The Labute approximate surface area is 326 Å². The molecule has 14 heteroatoms. The molecule has 0 saturated heterocycles. The van der Waals surface area contributed by atoms with Gasteiger partial charge in [0, 0.05) is 38.5 Å². The van der Waals surface area contributed by atoms with Gasteiger partial charge in [0.1, 0.15) is 24.2 Å². The molecule has 2 rings (SSSR count). The van der Waals surface area contributed by atoms with Gasteiger partial charge in [0.2, 0.25) is 12.0 Å². The largest absolute Gasteiger partial charge is 0.459 e. The van der Waals surface area contributed by atoms with E-state index >= 15 is 0 Å². The quantitative estimate of drug-likeness (QED) is 0.0415. The molecule has 310 valence electrons. The lowest BCUT2D eigenvalue weighted by atomic mass is 10.00. The van der Waals surface area contributed by atoms with Gasteiger partial charge >= 0.3 is 29.8 Å². The third-order valence-electron chi connectivity index (χ3n) is 8.77. The summed E-state index contributed by atoms with van der Waals surface area (Å²) >= 11 is 0. The zero-order valence-corrected chi connectivity index (χ0v) is 33.8. The van der Waals surface area contributed by atoms with Gasteiger partial charge in [-0.1, -0.05) is 86.0 Å². The van der Waals surface area contributed by atoms with Crippen molar-refractivity contribution in [1.29, 1.82) is 0 Å². The highest BCUT2D eigenvalue weighted by Gasteiger charge is 2.39. The molecule has 0 spiro atoms. The first kappa shape index (κ1) is 46.9. The van der Waals surface area contributed by atoms with Crippen LogP contribution < -0.4 is 0 Å². The Morgan fingerprint density at radius 1 is 0.600 bits per heavy atom. The summed E-state index contributed by atoms with van der Waals surface area (Å²) in [5, 5.41) is 0. The van der Waals surface area contributed by atoms with Gasteiger partial charge in [0.15, 0.2) is 24.4 Å². The third kappa shape index (κ3) is 18.3. The van der Waals surface area contributed by atoms with Crippen molar-refractivity contribution in [2.45, 2.75) is 194 Å². The van der Waals surface area contributed by atoms with E-state index in [-0.39, 0.29) is 55.9 Å². The topological polar surface area (TPSA) is 184 Å². The number of hydrogen-bond donors (Lipinski definition) is 0. The Morgan fingerprint density at radius 2 is 1.13 bits per heavy atom. The summed E-state index contributed by atoms with van der Waals surface area (Å²) in [4.78, 5) is 73.0. The van der Waals surface area contributed by atoms with Crippen LogP contribution in [0.4, 0.5) is 0 Å². The predicted octanol–water partition coefficient (Wildman–Crippen LogP) is 9.15. The van der Waals surface area contributed by atoms with Crippen LogP contribution in [0.25, 0.3) is 0 Å². The Kier molecular flexibility index (Phi) is 23.3. The van der Waals surface area contributed by atoms with Gasteiger partial charge in [-0.05, 0) is 39.0 Å². The number of aromatic nitrogens is 2. The van der Waals surface area contributed by atoms with Crippen molar-refractivity contribution in [3.8, 4) is 0 Å². The normalized spacial score (nSPS) is 13.9. The lowest BCUT2D eigenvalue weighted by molar-refractivity contribution is -0.188. The molecule has 0 aliphatic heterocycles. The molecule has 0 amide bonds. The fourth-order valence-electron chi connectivity index (χ4n) is 5.89. The molecule has 0 N–H and O–H groups in total. The summed E-state index contributed by atoms with van der Waals surface area (Å²) in [6, 6.07) is 0. The van der Waals surface area contributed by atoms with Gasteiger partial charge in [-0.15, -0.1) is 0 Å². The van der Waals surface area contributed by atoms with E-state index in [2.05, 4.69) is 16.9 Å². The molecule has 2 heterocycles. The van der Waals surface area contributed by atoms with E-state index in [0.29, 0.717) is 32.1 Å². The van der Waals surface area contributed by atoms with Crippen LogP contribution in [0.15, 0.2) is 27.7 Å². The van der Waals surface area contributed by atoms with Gasteiger partial charge in [-0.3, -0.25) is 24.0 Å². The monoisotopic (exact) mass is 776 g/mol. The fourth-order valence-corrected chi connectivity index (χ4v) is 5.89. The molecule has 0 aliphatic carbocycles. The minimum atomic E-state index is -1.25. The maximum atomic E-state index is 13.0. The molecule has 5 unspecified atom stereocenters. The van der Waals surface area contributed by atoms with Gasteiger partial charge in [-0.25, -0.2) is 9.97 Å². The van der Waals surface area contributed by atoms with Gasteiger partial charge < -0.3 is 32.5 Å². The number of rotatable bonds is 30. The van der Waals surface area contributed by atoms with Gasteiger partial charge in [0.05, 0.1) is 6.20 Å². The first-order chi connectivity index (χ1) is 26.6. The Hall–Kier alpha value is -4.23. The number of carbonyl (C=O) groups excluding carboxylic acids is 5. The highest BCUT2D eigenvalue weighted by molar-refractivity contribution is 5.72. The van der Waals surface area contributed by atoms with E-state index < -0.39 is 60.4 Å². The van der Waals surface area contributed by atoms with Crippen molar-refractivity contribution in [1.82, 2.24) is 9.97 Å². The molecule has 2 aromatic rings. The first-order valence-corrected chi connectivity index (χ1v) is 20.4. The second kappa shape index (κ2) is 27.4. The molecule has 14 nitrogen and oxygen atoms in total. The van der Waals surface area contributed by atoms with Crippen molar-refractivity contribution in [2.24, 2.45) is 0 Å². The van der Waals surface area contributed by atoms with Crippen LogP contribution in [-0.2, 0) is 47.7 Å². The molecule has 2 aromatic heterocycles. The molecule has 5 atom stereocenters. The molecule has 0 aromatic carbocycles. The first-order valence-electron chi connectivity index (χ1n) is 20.4. The second-order valence-corrected chi connectivity index (χ2v) is 13.9. The van der Waals surface area contributed by atoms with E-state index in [4.69, 9.17) is 32.5 Å². The SMILES string of the molecule is CCCCCCCCCCCC(=O)OC(c1cnco1)c1nc(C(CC(OC(=O)CCC)C(OC(=O)CCC)C(C)OC(=O)CCC)OC(=O)CCC)co1. The summed E-state index contributed by atoms with van der Waals surface area (Å²) in [6.45, 7) is 11.0. The number of esters is 5. The number of oxazole rings is 2. The third-order valence-corrected chi connectivity index (χ3v) is 8.77. The van der Waals surface area contributed by atoms with E-state index in [9.17, 15) is 24.0 Å². The smallest absolute Gasteiger partial charge is 0.307 e. The van der Waals surface area contributed by atoms with Gasteiger partial charge in [0.25, 0.3) is 0 Å². The number of unbranched alkanes of at least 4 members (excludes halogenated alkanes) is 8. The molecule has 0 fully saturated rings. The van der Waals surface area contributed by atoms with Crippen LogP contribution in [-0.4, -0.2) is 58.1 Å². The van der Waals surface area contributed by atoms with Crippen LogP contribution in [0.2, 0.25) is 0 Å². The molecule has 0 bridgehead atoms. The molecule has 0 aliphatic rings. The zero-order valence-electron chi connectivity index (χ0n) is 33.8. The lowest BCUT2D eigenvalue weighted by Gasteiger charge is -2.32. The molecular weight excluding hydrogens is 712 g/mol. The van der Waals surface area contributed by atoms with Crippen LogP contribution in [0, 0.1) is 0 Å². The standard InChI is InChI=1S/C41H64N2O12/c1-7-12-13-14-15-16-17-18-19-24-38(48)55-40(33-26-42-28-50-33)41-43-30(27-49-41)31(52-35(45)21-9-3)25-32(53-36(46)22-10-4)39(54-37(47)23-11-5)29(6)51-34(44)20-8-2/h26-29,31-32,39-40H,7-25H2,1-6H3. The maximum Gasteiger partial charge on any atom is 0.307 e. The number of ether oxygens (including phenoxy) is 5. The molecule has 55 heavy (non-hydrogen) atoms. The average Bonchev–Trinajstić information content (AvgIpc) is 3.86. The lowest BCUT2D eigenvalue weighted by Crippen LogP contribution is -2.45. The minimum absolute atomic E-state index is 0.0592. The van der Waals surface area contributed by atoms with E-state index in [1.807, 2.05) is 27.7 Å². The highest BCUT2D eigenvalue weighted by atomic mass is 16.6. The zero-order chi connectivity index (χ0) is 40.4. The van der Waals surface area contributed by atoms with Crippen LogP contribution >= 0.6 is 0 Å². The predicted molar refractivity (Wildman–Crippen MR) is 201 cm³/mol. The Morgan fingerprint density at radius 3 is 1.69 bits per heavy atom. The number of carbonyl (C=O) groups is 5. The van der Waals surface area contributed by atoms with E-state index in [1.165, 1.54) is 51.0 Å². The van der Waals surface area contributed by atoms with Crippen molar-refractivity contribution in [3.05, 3.63) is 36.2 Å². The van der Waals surface area contributed by atoms with E-state index in [1.54, 1.807) is 6.92 Å². The molecule has 0 saturated carbocycles. The summed E-state index contributed by atoms with van der Waals surface area (Å²) in [7, 11) is 0. The maximum absolute atomic E-state index is 13.0. The van der Waals surface area contributed by atoms with Crippen LogP contribution in [0.5, 0.6) is 0 Å². The Bertz CT molecular complexity index is 1390. The summed E-state index contributed by atoms with van der Waals surface area (Å²) < 4.78 is 40.3. The summed E-state index contributed by atoms with van der Waals surface area (Å²) in [5.74, 6) is -2.59. The van der Waals surface area contributed by atoms with Crippen molar-refractivity contribution in [3.63, 3.8) is 0 Å². The highest BCUT2D eigenvalue weighted by Crippen LogP contribution is 2.32. The van der Waals surface area contributed by atoms with Crippen molar-refractivity contribution < 1.29 is 56.5 Å². The van der Waals surface area contributed by atoms with Crippen molar-refractivity contribution >= 4 is 29.8 Å². The number of nitrogens with zero attached hydrogens (tertiary/aromatic N) is 2. The van der Waals surface area contributed by atoms with Gasteiger partial charge in [-0.2, -0.15) is 0 Å². The van der Waals surface area contributed by atoms with Crippen molar-refractivity contribution in [2.75, 3.05) is 0 Å². The fraction of sp³-hybridized carbons (Fsp3) is 0.732.